The first-order valence-electron chi connectivity index (χ1n) is 10.8. The highest BCUT2D eigenvalue weighted by Gasteiger charge is 2.45. The molecule has 0 bridgehead atoms. The number of nitrogens with one attached hydrogen (secondary N) is 1. The van der Waals surface area contributed by atoms with E-state index in [1.807, 2.05) is 0 Å². The van der Waals surface area contributed by atoms with Crippen molar-refractivity contribution in [2.45, 2.75) is 57.7 Å². The van der Waals surface area contributed by atoms with Gasteiger partial charge in [-0.05, 0) is 55.4 Å². The number of rotatable bonds is 7. The average molecular weight is 468 g/mol. The zero-order valence-electron chi connectivity index (χ0n) is 17.5. The molecule has 1 fully saturated rings. The summed E-state index contributed by atoms with van der Waals surface area (Å²) in [4.78, 5) is 23.9. The van der Waals surface area contributed by atoms with Crippen molar-refractivity contribution in [1.82, 2.24) is 5.32 Å². The Morgan fingerprint density at radius 3 is 2.90 bits per heavy atom. The van der Waals surface area contributed by atoms with E-state index < -0.39 is 12.1 Å². The van der Waals surface area contributed by atoms with Gasteiger partial charge in [0.1, 0.15) is 10.8 Å². The number of carbonyl (C=O) groups excluding carboxylic acids is 1. The lowest BCUT2D eigenvalue weighted by Crippen LogP contribution is -2.39. The molecular weight excluding hydrogens is 441 g/mol. The van der Waals surface area contributed by atoms with Crippen LogP contribution in [0.15, 0.2) is 12.1 Å². The van der Waals surface area contributed by atoms with Crippen LogP contribution in [-0.4, -0.2) is 48.8 Å². The number of ketones is 1. The number of halogens is 2. The lowest BCUT2D eigenvalue weighted by atomic mass is 9.71. The predicted octanol–water partition coefficient (Wildman–Crippen LogP) is 4.29. The van der Waals surface area contributed by atoms with Gasteiger partial charge < -0.3 is 19.9 Å². The minimum absolute atomic E-state index is 0.0321. The van der Waals surface area contributed by atoms with Gasteiger partial charge in [-0.15, -0.1) is 0 Å². The zero-order chi connectivity index (χ0) is 22.2. The van der Waals surface area contributed by atoms with Crippen LogP contribution in [0.4, 0.5) is 0 Å². The van der Waals surface area contributed by atoms with Gasteiger partial charge in [-0.2, -0.15) is 0 Å². The monoisotopic (exact) mass is 467 g/mol. The minimum atomic E-state index is -1.05. The van der Waals surface area contributed by atoms with Crippen molar-refractivity contribution in [1.29, 1.82) is 0 Å². The van der Waals surface area contributed by atoms with E-state index in [9.17, 15) is 14.7 Å². The molecule has 0 saturated carbocycles. The molecule has 0 amide bonds. The van der Waals surface area contributed by atoms with Crippen molar-refractivity contribution in [3.8, 4) is 5.75 Å². The molecule has 2 aliphatic carbocycles. The third-order valence-corrected chi connectivity index (χ3v) is 7.61. The van der Waals surface area contributed by atoms with Gasteiger partial charge in [-0.25, -0.2) is 4.79 Å². The molecule has 2 N–H and O–H groups in total. The van der Waals surface area contributed by atoms with Gasteiger partial charge in [0.2, 0.25) is 0 Å². The number of fused-ring (bicyclic) bond motifs is 3. The van der Waals surface area contributed by atoms with Crippen LogP contribution in [0.5, 0.6) is 5.75 Å². The van der Waals surface area contributed by atoms with Crippen LogP contribution in [-0.2, 0) is 20.7 Å². The van der Waals surface area contributed by atoms with E-state index in [1.54, 1.807) is 12.1 Å². The summed E-state index contributed by atoms with van der Waals surface area (Å²) >= 11 is 13.2. The van der Waals surface area contributed by atoms with Crippen LogP contribution < -0.4 is 10.1 Å². The largest absolute Gasteiger partial charge is 0.479 e. The van der Waals surface area contributed by atoms with Gasteiger partial charge in [0.15, 0.2) is 11.9 Å². The summed E-state index contributed by atoms with van der Waals surface area (Å²) in [5.74, 6) is -0.675. The van der Waals surface area contributed by atoms with E-state index in [0.29, 0.717) is 37.4 Å². The van der Waals surface area contributed by atoms with Crippen LogP contribution in [0.3, 0.4) is 0 Å². The average Bonchev–Trinajstić information content (AvgIpc) is 3.09. The van der Waals surface area contributed by atoms with Crippen LogP contribution in [0, 0.1) is 5.41 Å². The van der Waals surface area contributed by atoms with Gasteiger partial charge in [-0.1, -0.05) is 30.1 Å². The molecule has 0 aromatic heterocycles. The van der Waals surface area contributed by atoms with Gasteiger partial charge in [0, 0.05) is 30.5 Å². The van der Waals surface area contributed by atoms with E-state index in [0.717, 1.165) is 42.5 Å². The summed E-state index contributed by atoms with van der Waals surface area (Å²) < 4.78 is 11.5. The van der Waals surface area contributed by atoms with Crippen molar-refractivity contribution < 1.29 is 24.2 Å². The Balaban J connectivity index is 1.59. The summed E-state index contributed by atoms with van der Waals surface area (Å²) in [6, 6.07) is 1.80. The van der Waals surface area contributed by atoms with Crippen LogP contribution >= 0.6 is 23.2 Å². The third kappa shape index (κ3) is 4.36. The number of aliphatic carboxylic acids is 1. The fraction of sp³-hybridized carbons (Fsp3) is 0.565. The Morgan fingerprint density at radius 1 is 1.42 bits per heavy atom. The topological polar surface area (TPSA) is 84.9 Å². The molecule has 1 aromatic carbocycles. The number of carboxylic acids is 1. The van der Waals surface area contributed by atoms with E-state index in [4.69, 9.17) is 32.7 Å². The summed E-state index contributed by atoms with van der Waals surface area (Å²) in [6.45, 7) is 4.24. The summed E-state index contributed by atoms with van der Waals surface area (Å²) in [5, 5.41) is 13.4. The normalized spacial score (nSPS) is 26.1. The molecule has 168 valence electrons. The number of hydrogen-bond acceptors (Lipinski definition) is 5. The Kier molecular flexibility index (Phi) is 6.63. The molecule has 0 spiro atoms. The van der Waals surface area contributed by atoms with Crippen molar-refractivity contribution in [3.63, 3.8) is 0 Å². The zero-order valence-corrected chi connectivity index (χ0v) is 19.0. The SMILES string of the molecule is CCC12CCC(=O)C=C1c1c(cc(OC(CCC3CNCCO3)C(=O)O)c(Cl)c1Cl)C2. The second-order valence-corrected chi connectivity index (χ2v) is 9.35. The molecule has 8 heteroatoms. The second kappa shape index (κ2) is 9.10. The Hall–Kier alpha value is -1.60. The molecule has 3 atom stereocenters. The first kappa shape index (κ1) is 22.6. The Bertz CT molecular complexity index is 925. The number of allylic oxidation sites excluding steroid dienone is 2. The molecule has 6 nitrogen and oxygen atoms in total. The third-order valence-electron chi connectivity index (χ3n) is 6.76. The number of ether oxygens (including phenoxy) is 2. The smallest absolute Gasteiger partial charge is 0.344 e. The van der Waals surface area contributed by atoms with E-state index in [2.05, 4.69) is 12.2 Å². The molecule has 1 heterocycles. The minimum Gasteiger partial charge on any atom is -0.479 e. The lowest BCUT2D eigenvalue weighted by molar-refractivity contribution is -0.145. The maximum absolute atomic E-state index is 12.1. The van der Waals surface area contributed by atoms with Crippen LogP contribution in [0.25, 0.3) is 5.57 Å². The van der Waals surface area contributed by atoms with Crippen molar-refractivity contribution >= 4 is 40.5 Å². The highest BCUT2D eigenvalue weighted by molar-refractivity contribution is 6.44. The number of morpholine rings is 1. The Labute approximate surface area is 191 Å². The first-order valence-corrected chi connectivity index (χ1v) is 11.6. The fourth-order valence-electron chi connectivity index (χ4n) is 4.96. The quantitative estimate of drug-likeness (QED) is 0.621. The second-order valence-electron chi connectivity index (χ2n) is 8.59. The maximum Gasteiger partial charge on any atom is 0.344 e. The van der Waals surface area contributed by atoms with Gasteiger partial charge in [0.05, 0.1) is 17.7 Å². The number of benzene rings is 1. The van der Waals surface area contributed by atoms with Crippen LogP contribution in [0.1, 0.15) is 50.2 Å². The number of carboxylic acid groups (broad SMARTS) is 1. The molecule has 4 rings (SSSR count). The van der Waals surface area contributed by atoms with Crippen molar-refractivity contribution in [2.24, 2.45) is 5.41 Å². The maximum atomic E-state index is 12.1. The lowest BCUT2D eigenvalue weighted by Gasteiger charge is -2.32. The van der Waals surface area contributed by atoms with E-state index in [-0.39, 0.29) is 28.1 Å². The fourth-order valence-corrected chi connectivity index (χ4v) is 5.47. The molecule has 3 unspecified atom stereocenters. The molecule has 1 aromatic rings. The summed E-state index contributed by atoms with van der Waals surface area (Å²) in [7, 11) is 0. The highest BCUT2D eigenvalue weighted by atomic mass is 35.5. The summed E-state index contributed by atoms with van der Waals surface area (Å²) in [5.41, 5.74) is 2.59. The molecule has 1 aliphatic heterocycles. The highest BCUT2D eigenvalue weighted by Crippen LogP contribution is 2.57. The molecule has 0 radical (unpaired) electrons. The van der Waals surface area contributed by atoms with Gasteiger partial charge in [0.25, 0.3) is 0 Å². The molecular formula is C23H27Cl2NO5. The van der Waals surface area contributed by atoms with Crippen LogP contribution in [0.2, 0.25) is 10.0 Å². The van der Waals surface area contributed by atoms with Gasteiger partial charge >= 0.3 is 5.97 Å². The molecule has 1 saturated heterocycles. The predicted molar refractivity (Wildman–Crippen MR) is 119 cm³/mol. The van der Waals surface area contributed by atoms with Gasteiger partial charge in [-0.3, -0.25) is 4.79 Å². The molecule has 31 heavy (non-hydrogen) atoms. The van der Waals surface area contributed by atoms with Crippen molar-refractivity contribution in [2.75, 3.05) is 19.7 Å². The van der Waals surface area contributed by atoms with Crippen molar-refractivity contribution in [3.05, 3.63) is 33.3 Å². The number of hydrogen-bond donors (Lipinski definition) is 2. The number of carbonyl (C=O) groups is 2. The molecule has 3 aliphatic rings. The first-order chi connectivity index (χ1) is 14.8. The van der Waals surface area contributed by atoms with E-state index in [1.165, 1.54) is 0 Å². The summed E-state index contributed by atoms with van der Waals surface area (Å²) in [6.07, 6.45) is 4.42. The van der Waals surface area contributed by atoms with E-state index >= 15 is 0 Å². The standard InChI is InChI=1S/C23H27Cl2NO5/c1-2-23-6-5-14(27)10-16(23)19-13(11-23)9-18(20(24)21(19)25)31-17(22(28)29)4-3-15-12-26-7-8-30-15/h9-10,15,17,26H,2-8,11-12H2,1H3,(H,28,29). The Morgan fingerprint density at radius 2 is 2.23 bits per heavy atom.